The van der Waals surface area contributed by atoms with Gasteiger partial charge in [-0.25, -0.2) is 9.78 Å². The first-order valence-corrected chi connectivity index (χ1v) is 8.27. The van der Waals surface area contributed by atoms with Crippen molar-refractivity contribution in [2.75, 3.05) is 6.61 Å². The van der Waals surface area contributed by atoms with Gasteiger partial charge in [0.05, 0.1) is 5.69 Å². The van der Waals surface area contributed by atoms with Crippen molar-refractivity contribution in [2.24, 2.45) is 7.05 Å². The number of aromatic nitrogens is 2. The van der Waals surface area contributed by atoms with E-state index < -0.39 is 5.97 Å². The number of ether oxygens (including phenoxy) is 1. The summed E-state index contributed by atoms with van der Waals surface area (Å²) in [4.78, 5) is 28.4. The van der Waals surface area contributed by atoms with Crippen LogP contribution in [0, 0.1) is 6.92 Å². The van der Waals surface area contributed by atoms with E-state index in [1.54, 1.807) is 35.3 Å². The fraction of sp³-hybridized carbons (Fsp3) is 0.167. The third kappa shape index (κ3) is 3.44. The fourth-order valence-electron chi connectivity index (χ4n) is 2.23. The van der Waals surface area contributed by atoms with Crippen molar-refractivity contribution in [1.82, 2.24) is 9.55 Å². The number of esters is 1. The Hall–Kier alpha value is -2.73. The number of ketones is 1. The maximum absolute atomic E-state index is 12.1. The number of benzene rings is 1. The molecular formula is C18H16N2O3S. The normalized spacial score (nSPS) is 10.6. The van der Waals surface area contributed by atoms with E-state index in [0.29, 0.717) is 5.69 Å². The van der Waals surface area contributed by atoms with Gasteiger partial charge in [-0.3, -0.25) is 4.79 Å². The summed E-state index contributed by atoms with van der Waals surface area (Å²) in [6.45, 7) is 1.71. The molecule has 0 saturated carbocycles. The molecule has 2 heterocycles. The molecule has 0 bridgehead atoms. The molecule has 1 aromatic carbocycles. The summed E-state index contributed by atoms with van der Waals surface area (Å²) in [5.74, 6) is -0.836. The average molecular weight is 340 g/mol. The molecule has 3 rings (SSSR count). The molecule has 0 aliphatic heterocycles. The van der Waals surface area contributed by atoms with Gasteiger partial charge in [0.2, 0.25) is 5.78 Å². The predicted octanol–water partition coefficient (Wildman–Crippen LogP) is 3.50. The number of nitrogens with zero attached hydrogens (tertiary/aromatic N) is 2. The molecule has 122 valence electrons. The van der Waals surface area contributed by atoms with Crippen LogP contribution in [-0.2, 0) is 11.8 Å². The lowest BCUT2D eigenvalue weighted by Crippen LogP contribution is -2.16. The summed E-state index contributed by atoms with van der Waals surface area (Å²) in [6, 6.07) is 11.4. The molecule has 0 unspecified atom stereocenters. The van der Waals surface area contributed by atoms with Crippen LogP contribution < -0.4 is 0 Å². The van der Waals surface area contributed by atoms with Crippen molar-refractivity contribution in [3.63, 3.8) is 0 Å². The largest absolute Gasteiger partial charge is 0.452 e. The number of rotatable bonds is 5. The van der Waals surface area contributed by atoms with Gasteiger partial charge in [-0.05, 0) is 19.1 Å². The van der Waals surface area contributed by atoms with Gasteiger partial charge in [0, 0.05) is 24.2 Å². The van der Waals surface area contributed by atoms with E-state index in [2.05, 4.69) is 4.98 Å². The zero-order chi connectivity index (χ0) is 17.1. The Bertz CT molecular complexity index is 878. The number of carbonyl (C=O) groups is 2. The van der Waals surface area contributed by atoms with Gasteiger partial charge in [0.25, 0.3) is 0 Å². The smallest absolute Gasteiger partial charge is 0.358 e. The van der Waals surface area contributed by atoms with Crippen molar-refractivity contribution in [1.29, 1.82) is 0 Å². The minimum atomic E-state index is -0.591. The van der Waals surface area contributed by atoms with Gasteiger partial charge in [0.15, 0.2) is 12.3 Å². The number of hydrogen-bond donors (Lipinski definition) is 0. The van der Waals surface area contributed by atoms with E-state index in [1.165, 1.54) is 11.3 Å². The first kappa shape index (κ1) is 16.1. The average Bonchev–Trinajstić information content (AvgIpc) is 3.22. The monoisotopic (exact) mass is 340 g/mol. The Morgan fingerprint density at radius 3 is 2.62 bits per heavy atom. The van der Waals surface area contributed by atoms with Crippen LogP contribution in [0.15, 0.2) is 48.0 Å². The highest BCUT2D eigenvalue weighted by molar-refractivity contribution is 7.13. The second-order valence-corrected chi connectivity index (χ2v) is 6.27. The van der Waals surface area contributed by atoms with Crippen LogP contribution in [0.3, 0.4) is 0 Å². The summed E-state index contributed by atoms with van der Waals surface area (Å²) in [6.07, 6.45) is 1.77. The van der Waals surface area contributed by atoms with E-state index in [4.69, 9.17) is 4.74 Å². The van der Waals surface area contributed by atoms with E-state index >= 15 is 0 Å². The Kier molecular flexibility index (Phi) is 4.57. The predicted molar refractivity (Wildman–Crippen MR) is 92.3 cm³/mol. The molecule has 5 nitrogen and oxygen atoms in total. The Balaban J connectivity index is 1.65. The van der Waals surface area contributed by atoms with E-state index in [-0.39, 0.29) is 18.1 Å². The van der Waals surface area contributed by atoms with Gasteiger partial charge < -0.3 is 9.30 Å². The molecular weight excluding hydrogens is 324 g/mol. The van der Waals surface area contributed by atoms with Crippen LogP contribution >= 0.6 is 11.3 Å². The minimum Gasteiger partial charge on any atom is -0.452 e. The van der Waals surface area contributed by atoms with Crippen LogP contribution in [0.4, 0.5) is 0 Å². The number of hydrogen-bond acceptors (Lipinski definition) is 5. The third-order valence-corrected chi connectivity index (χ3v) is 4.47. The highest BCUT2D eigenvalue weighted by Crippen LogP contribution is 2.24. The fourth-order valence-corrected chi connectivity index (χ4v) is 3.02. The molecule has 0 N–H and O–H groups in total. The number of thiazole rings is 1. The lowest BCUT2D eigenvalue weighted by molar-refractivity contribution is 0.0467. The third-order valence-electron chi connectivity index (χ3n) is 3.58. The lowest BCUT2D eigenvalue weighted by atomic mass is 10.2. The molecule has 0 radical (unpaired) electrons. The van der Waals surface area contributed by atoms with Crippen LogP contribution in [0.5, 0.6) is 0 Å². The van der Waals surface area contributed by atoms with Crippen LogP contribution in [0.2, 0.25) is 0 Å². The standard InChI is InChI=1S/C18H16N2O3S/c1-12-5-7-13(8-6-12)17-19-14(11-24-17)18(22)23-10-16(21)15-4-3-9-20(15)2/h3-9,11H,10H2,1-2H3. The molecule has 0 aliphatic carbocycles. The van der Waals surface area contributed by atoms with E-state index in [9.17, 15) is 9.59 Å². The molecule has 2 aromatic heterocycles. The first-order chi connectivity index (χ1) is 11.5. The van der Waals surface area contributed by atoms with E-state index in [1.807, 2.05) is 31.2 Å². The number of Topliss-reactive ketones (excluding diaryl/α,β-unsaturated/α-hetero) is 1. The molecule has 0 amide bonds. The van der Waals surface area contributed by atoms with Gasteiger partial charge in [-0.1, -0.05) is 29.8 Å². The molecule has 24 heavy (non-hydrogen) atoms. The Morgan fingerprint density at radius 1 is 1.21 bits per heavy atom. The van der Waals surface area contributed by atoms with Crippen molar-refractivity contribution >= 4 is 23.1 Å². The Labute approximate surface area is 143 Å². The van der Waals surface area contributed by atoms with Gasteiger partial charge in [0.1, 0.15) is 5.01 Å². The topological polar surface area (TPSA) is 61.2 Å². The first-order valence-electron chi connectivity index (χ1n) is 7.39. The molecule has 0 atom stereocenters. The van der Waals surface area contributed by atoms with Crippen LogP contribution in [0.25, 0.3) is 10.6 Å². The number of carbonyl (C=O) groups excluding carboxylic acids is 2. The second-order valence-electron chi connectivity index (χ2n) is 5.41. The molecule has 0 saturated heterocycles. The summed E-state index contributed by atoms with van der Waals surface area (Å²) in [7, 11) is 1.77. The lowest BCUT2D eigenvalue weighted by Gasteiger charge is -2.03. The summed E-state index contributed by atoms with van der Waals surface area (Å²) < 4.78 is 6.77. The number of aryl methyl sites for hydroxylation is 2. The minimum absolute atomic E-state index is 0.218. The summed E-state index contributed by atoms with van der Waals surface area (Å²) >= 11 is 1.37. The van der Waals surface area contributed by atoms with Crippen LogP contribution in [-0.4, -0.2) is 27.9 Å². The van der Waals surface area contributed by atoms with Crippen molar-refractivity contribution < 1.29 is 14.3 Å². The molecule has 0 aliphatic rings. The molecule has 0 spiro atoms. The van der Waals surface area contributed by atoms with Crippen molar-refractivity contribution in [3.05, 3.63) is 64.9 Å². The van der Waals surface area contributed by atoms with Gasteiger partial charge in [-0.2, -0.15) is 0 Å². The zero-order valence-electron chi connectivity index (χ0n) is 13.4. The summed E-state index contributed by atoms with van der Waals surface area (Å²) in [5.41, 5.74) is 2.83. The highest BCUT2D eigenvalue weighted by Gasteiger charge is 2.16. The SMILES string of the molecule is Cc1ccc(-c2nc(C(=O)OCC(=O)c3cccn3C)cs2)cc1. The van der Waals surface area contributed by atoms with Crippen molar-refractivity contribution in [2.45, 2.75) is 6.92 Å². The molecule has 0 fully saturated rings. The summed E-state index contributed by atoms with van der Waals surface area (Å²) in [5, 5.41) is 2.39. The van der Waals surface area contributed by atoms with E-state index in [0.717, 1.165) is 16.1 Å². The quantitative estimate of drug-likeness (QED) is 0.527. The van der Waals surface area contributed by atoms with Crippen LogP contribution in [0.1, 0.15) is 26.5 Å². The highest BCUT2D eigenvalue weighted by atomic mass is 32.1. The Morgan fingerprint density at radius 2 is 1.96 bits per heavy atom. The molecule has 3 aromatic rings. The van der Waals surface area contributed by atoms with Gasteiger partial charge >= 0.3 is 5.97 Å². The second kappa shape index (κ2) is 6.80. The van der Waals surface area contributed by atoms with Crippen molar-refractivity contribution in [3.8, 4) is 10.6 Å². The maximum atomic E-state index is 12.1. The molecule has 6 heteroatoms. The maximum Gasteiger partial charge on any atom is 0.358 e. The zero-order valence-corrected chi connectivity index (χ0v) is 14.2. The van der Waals surface area contributed by atoms with Gasteiger partial charge in [-0.15, -0.1) is 11.3 Å².